The van der Waals surface area contributed by atoms with Gasteiger partial charge in [0.15, 0.2) is 6.61 Å². The predicted octanol–water partition coefficient (Wildman–Crippen LogP) is 1.90. The fourth-order valence-electron chi connectivity index (χ4n) is 2.94. The van der Waals surface area contributed by atoms with Crippen molar-refractivity contribution in [3.8, 4) is 5.75 Å². The van der Waals surface area contributed by atoms with Crippen LogP contribution in [-0.2, 0) is 14.4 Å². The highest BCUT2D eigenvalue weighted by Crippen LogP contribution is 2.24. The molecule has 1 atom stereocenters. The Hall–Kier alpha value is -2.57. The van der Waals surface area contributed by atoms with Crippen molar-refractivity contribution < 1.29 is 24.2 Å². The second-order valence-corrected chi connectivity index (χ2v) is 6.07. The van der Waals surface area contributed by atoms with Gasteiger partial charge in [-0.3, -0.25) is 9.59 Å². The number of anilines is 1. The number of nitrogens with zero attached hydrogens (tertiary/aromatic N) is 2. The van der Waals surface area contributed by atoms with Crippen LogP contribution in [0.5, 0.6) is 5.75 Å². The number of benzene rings is 1. The third-order valence-corrected chi connectivity index (χ3v) is 4.24. The number of likely N-dealkylation sites (tertiary alicyclic amines) is 1. The molecule has 0 saturated carbocycles. The average molecular weight is 348 g/mol. The highest BCUT2D eigenvalue weighted by molar-refractivity contribution is 5.99. The summed E-state index contributed by atoms with van der Waals surface area (Å²) in [7, 11) is 1.68. The Morgan fingerprint density at radius 2 is 1.96 bits per heavy atom. The van der Waals surface area contributed by atoms with Crippen molar-refractivity contribution in [1.82, 2.24) is 4.90 Å². The molecule has 1 heterocycles. The van der Waals surface area contributed by atoms with Crippen LogP contribution in [0.2, 0.25) is 0 Å². The fraction of sp³-hybridized carbons (Fsp3) is 0.500. The number of hydrogen-bond donors (Lipinski definition) is 1. The molecular formula is C18H24N2O5. The third-order valence-electron chi connectivity index (χ3n) is 4.24. The SMILES string of the molecule is CCCC(=O)N1CCCC1C(=O)N(C)c1ccc(OCC(=O)O)cc1. The molecule has 1 aromatic rings. The van der Waals surface area contributed by atoms with Crippen molar-refractivity contribution in [2.45, 2.75) is 38.6 Å². The predicted molar refractivity (Wildman–Crippen MR) is 92.6 cm³/mol. The lowest BCUT2D eigenvalue weighted by atomic mass is 10.1. The largest absolute Gasteiger partial charge is 0.482 e. The summed E-state index contributed by atoms with van der Waals surface area (Å²) in [5.74, 6) is -0.701. The summed E-state index contributed by atoms with van der Waals surface area (Å²) in [4.78, 5) is 38.7. The Morgan fingerprint density at radius 1 is 1.28 bits per heavy atom. The van der Waals surface area contributed by atoms with E-state index in [1.165, 1.54) is 4.90 Å². The van der Waals surface area contributed by atoms with Crippen LogP contribution in [0, 0.1) is 0 Å². The Kier molecular flexibility index (Phi) is 6.38. The van der Waals surface area contributed by atoms with Crippen molar-refractivity contribution in [3.05, 3.63) is 24.3 Å². The van der Waals surface area contributed by atoms with Crippen molar-refractivity contribution >= 4 is 23.5 Å². The molecule has 1 aromatic carbocycles. The van der Waals surface area contributed by atoms with E-state index < -0.39 is 18.6 Å². The summed E-state index contributed by atoms with van der Waals surface area (Å²) in [5, 5.41) is 8.61. The molecule has 1 aliphatic heterocycles. The number of amides is 2. The number of carbonyl (C=O) groups is 3. The first kappa shape index (κ1) is 18.8. The molecule has 0 radical (unpaired) electrons. The quantitative estimate of drug-likeness (QED) is 0.813. The van der Waals surface area contributed by atoms with Crippen LogP contribution in [0.1, 0.15) is 32.6 Å². The first-order valence-corrected chi connectivity index (χ1v) is 8.45. The molecule has 0 spiro atoms. The molecular weight excluding hydrogens is 324 g/mol. The molecule has 0 aliphatic carbocycles. The molecule has 1 aliphatic rings. The van der Waals surface area contributed by atoms with E-state index in [1.54, 1.807) is 36.2 Å². The maximum atomic E-state index is 12.8. The molecule has 1 unspecified atom stereocenters. The van der Waals surface area contributed by atoms with E-state index >= 15 is 0 Å². The molecule has 0 bridgehead atoms. The Bertz CT molecular complexity index is 629. The average Bonchev–Trinajstić information content (AvgIpc) is 3.09. The summed E-state index contributed by atoms with van der Waals surface area (Å²) < 4.78 is 5.08. The highest BCUT2D eigenvalue weighted by atomic mass is 16.5. The summed E-state index contributed by atoms with van der Waals surface area (Å²) in [5.41, 5.74) is 0.669. The van der Waals surface area contributed by atoms with E-state index in [1.807, 2.05) is 6.92 Å². The van der Waals surface area contributed by atoms with E-state index in [9.17, 15) is 14.4 Å². The molecule has 7 nitrogen and oxygen atoms in total. The summed E-state index contributed by atoms with van der Waals surface area (Å²) in [6, 6.07) is 6.23. The maximum absolute atomic E-state index is 12.8. The van der Waals surface area contributed by atoms with E-state index in [0.29, 0.717) is 30.8 Å². The van der Waals surface area contributed by atoms with Gasteiger partial charge in [0.2, 0.25) is 11.8 Å². The molecule has 1 saturated heterocycles. The van der Waals surface area contributed by atoms with Crippen molar-refractivity contribution in [3.63, 3.8) is 0 Å². The zero-order chi connectivity index (χ0) is 18.4. The van der Waals surface area contributed by atoms with E-state index in [2.05, 4.69) is 0 Å². The Labute approximate surface area is 147 Å². The molecule has 136 valence electrons. The van der Waals surface area contributed by atoms with Gasteiger partial charge in [-0.25, -0.2) is 4.79 Å². The Morgan fingerprint density at radius 3 is 2.56 bits per heavy atom. The van der Waals surface area contributed by atoms with Gasteiger partial charge in [0.1, 0.15) is 11.8 Å². The number of hydrogen-bond acceptors (Lipinski definition) is 4. The molecule has 1 N–H and O–H groups in total. The third kappa shape index (κ3) is 4.71. The second kappa shape index (κ2) is 8.50. The molecule has 2 amide bonds. The minimum atomic E-state index is -1.05. The molecule has 25 heavy (non-hydrogen) atoms. The van der Waals surface area contributed by atoms with Crippen LogP contribution in [0.3, 0.4) is 0 Å². The van der Waals surface area contributed by atoms with Gasteiger partial charge in [-0.1, -0.05) is 6.92 Å². The smallest absolute Gasteiger partial charge is 0.341 e. The van der Waals surface area contributed by atoms with E-state index in [0.717, 1.165) is 12.8 Å². The minimum absolute atomic E-state index is 0.0316. The maximum Gasteiger partial charge on any atom is 0.341 e. The topological polar surface area (TPSA) is 87.2 Å². The van der Waals surface area contributed by atoms with Gasteiger partial charge < -0.3 is 19.6 Å². The standard InChI is InChI=1S/C18H24N2O5/c1-3-5-16(21)20-11-4-6-15(20)18(24)19(2)13-7-9-14(10-8-13)25-12-17(22)23/h7-10,15H,3-6,11-12H2,1-2H3,(H,22,23). The molecule has 1 fully saturated rings. The van der Waals surface area contributed by atoms with Crippen molar-refractivity contribution in [1.29, 1.82) is 0 Å². The van der Waals surface area contributed by atoms with Gasteiger partial charge in [0, 0.05) is 25.7 Å². The lowest BCUT2D eigenvalue weighted by molar-refractivity contribution is -0.139. The molecule has 0 aromatic heterocycles. The summed E-state index contributed by atoms with van der Waals surface area (Å²) in [6.45, 7) is 2.17. The van der Waals surface area contributed by atoms with Crippen LogP contribution in [0.25, 0.3) is 0 Å². The second-order valence-electron chi connectivity index (χ2n) is 6.07. The number of carboxylic acids is 1. The van der Waals surface area contributed by atoms with Crippen LogP contribution in [0.4, 0.5) is 5.69 Å². The van der Waals surface area contributed by atoms with Crippen molar-refractivity contribution in [2.75, 3.05) is 25.1 Å². The number of rotatable bonds is 7. The number of aliphatic carboxylic acids is 1. The van der Waals surface area contributed by atoms with Crippen molar-refractivity contribution in [2.24, 2.45) is 0 Å². The number of carbonyl (C=O) groups excluding carboxylic acids is 2. The lowest BCUT2D eigenvalue weighted by Crippen LogP contribution is -2.46. The van der Waals surface area contributed by atoms with Crippen LogP contribution >= 0.6 is 0 Å². The zero-order valence-corrected chi connectivity index (χ0v) is 14.6. The first-order valence-electron chi connectivity index (χ1n) is 8.45. The van der Waals surface area contributed by atoms with Crippen LogP contribution < -0.4 is 9.64 Å². The van der Waals surface area contributed by atoms with Gasteiger partial charge in [-0.05, 0) is 43.5 Å². The van der Waals surface area contributed by atoms with Gasteiger partial charge in [0.25, 0.3) is 0 Å². The number of ether oxygens (including phenoxy) is 1. The highest BCUT2D eigenvalue weighted by Gasteiger charge is 2.35. The normalized spacial score (nSPS) is 16.6. The summed E-state index contributed by atoms with van der Waals surface area (Å²) >= 11 is 0. The lowest BCUT2D eigenvalue weighted by Gasteiger charge is -2.28. The first-order chi connectivity index (χ1) is 11.9. The summed E-state index contributed by atoms with van der Waals surface area (Å²) in [6.07, 6.45) is 2.74. The van der Waals surface area contributed by atoms with E-state index in [-0.39, 0.29) is 11.8 Å². The van der Waals surface area contributed by atoms with Gasteiger partial charge in [-0.2, -0.15) is 0 Å². The van der Waals surface area contributed by atoms with Gasteiger partial charge >= 0.3 is 5.97 Å². The van der Waals surface area contributed by atoms with Gasteiger partial charge in [0.05, 0.1) is 0 Å². The number of carboxylic acid groups (broad SMARTS) is 1. The van der Waals surface area contributed by atoms with E-state index in [4.69, 9.17) is 9.84 Å². The fourth-order valence-corrected chi connectivity index (χ4v) is 2.94. The number of likely N-dealkylation sites (N-methyl/N-ethyl adjacent to an activating group) is 1. The van der Waals surface area contributed by atoms with Crippen LogP contribution in [0.15, 0.2) is 24.3 Å². The monoisotopic (exact) mass is 348 g/mol. The van der Waals surface area contributed by atoms with Crippen LogP contribution in [-0.4, -0.2) is 54.0 Å². The zero-order valence-electron chi connectivity index (χ0n) is 14.6. The van der Waals surface area contributed by atoms with Gasteiger partial charge in [-0.15, -0.1) is 0 Å². The molecule has 7 heteroatoms. The molecule has 2 rings (SSSR count). The Balaban J connectivity index is 2.03. The minimum Gasteiger partial charge on any atom is -0.482 e.